The van der Waals surface area contributed by atoms with Crippen LogP contribution >= 0.6 is 0 Å². The highest BCUT2D eigenvalue weighted by molar-refractivity contribution is 6.01. The molecule has 0 aliphatic heterocycles. The fourth-order valence-electron chi connectivity index (χ4n) is 4.72. The molecular formula is C28H31F3N6O3. The molecule has 9 nitrogen and oxygen atoms in total. The minimum absolute atomic E-state index is 0.00613. The first-order valence-corrected chi connectivity index (χ1v) is 12.8. The average Bonchev–Trinajstić information content (AvgIpc) is 3.24. The number of hydrogen-bond donors (Lipinski definition) is 5. The average molecular weight is 557 g/mol. The predicted molar refractivity (Wildman–Crippen MR) is 147 cm³/mol. The van der Waals surface area contributed by atoms with Crippen molar-refractivity contribution in [3.8, 4) is 17.6 Å². The summed E-state index contributed by atoms with van der Waals surface area (Å²) in [6.07, 6.45) is -1.30. The summed E-state index contributed by atoms with van der Waals surface area (Å²) < 4.78 is 46.8. The molecule has 1 aliphatic rings. The Balaban J connectivity index is 1.55. The van der Waals surface area contributed by atoms with E-state index in [-0.39, 0.29) is 29.9 Å². The lowest BCUT2D eigenvalue weighted by Crippen LogP contribution is -2.42. The lowest BCUT2D eigenvalue weighted by molar-refractivity contribution is -0.140. The number of amides is 3. The fraction of sp³-hybridized carbons (Fsp3) is 0.357. The van der Waals surface area contributed by atoms with Gasteiger partial charge in [-0.25, -0.2) is 4.79 Å². The minimum Gasteiger partial charge on any atom is -0.495 e. The van der Waals surface area contributed by atoms with Crippen molar-refractivity contribution in [1.29, 1.82) is 0 Å². The van der Waals surface area contributed by atoms with Crippen LogP contribution in [0.5, 0.6) is 5.75 Å². The van der Waals surface area contributed by atoms with Crippen LogP contribution in [0.1, 0.15) is 41.7 Å². The SMILES string of the molecule is COc1cc(C(N)=O)ccc1NCC#Cc1cc2c(NC(=O)NC3CCC(N)CC3)cccc2n1CC(F)(F)F. The summed E-state index contributed by atoms with van der Waals surface area (Å²) in [6.45, 7) is -1.16. The second-order valence-electron chi connectivity index (χ2n) is 9.61. The molecule has 0 atom stereocenters. The first kappa shape index (κ1) is 28.6. The monoisotopic (exact) mass is 556 g/mol. The second kappa shape index (κ2) is 12.2. The third-order valence-electron chi connectivity index (χ3n) is 6.71. The van der Waals surface area contributed by atoms with Crippen molar-refractivity contribution < 1.29 is 27.5 Å². The highest BCUT2D eigenvalue weighted by atomic mass is 19.4. The maximum absolute atomic E-state index is 13.5. The molecule has 7 N–H and O–H groups in total. The molecular weight excluding hydrogens is 525 g/mol. The molecule has 3 amide bonds. The number of fused-ring (bicyclic) bond motifs is 1. The largest absolute Gasteiger partial charge is 0.495 e. The van der Waals surface area contributed by atoms with Gasteiger partial charge in [0.05, 0.1) is 36.2 Å². The summed E-state index contributed by atoms with van der Waals surface area (Å²) in [7, 11) is 1.43. The van der Waals surface area contributed by atoms with E-state index in [2.05, 4.69) is 27.8 Å². The maximum atomic E-state index is 13.5. The Morgan fingerprint density at radius 2 is 1.85 bits per heavy atom. The number of urea groups is 1. The summed E-state index contributed by atoms with van der Waals surface area (Å²) in [4.78, 5) is 24.1. The van der Waals surface area contributed by atoms with Crippen LogP contribution in [0.3, 0.4) is 0 Å². The number of ether oxygens (including phenoxy) is 1. The molecule has 0 saturated heterocycles. The summed E-state index contributed by atoms with van der Waals surface area (Å²) in [6, 6.07) is 10.6. The Hall–Kier alpha value is -4.37. The molecule has 40 heavy (non-hydrogen) atoms. The first-order chi connectivity index (χ1) is 19.0. The maximum Gasteiger partial charge on any atom is 0.406 e. The highest BCUT2D eigenvalue weighted by Gasteiger charge is 2.30. The molecule has 4 rings (SSSR count). The van der Waals surface area contributed by atoms with Gasteiger partial charge in [0.1, 0.15) is 12.3 Å². The molecule has 1 fully saturated rings. The number of anilines is 2. The van der Waals surface area contributed by atoms with E-state index in [0.29, 0.717) is 28.0 Å². The van der Waals surface area contributed by atoms with Gasteiger partial charge in [0.2, 0.25) is 5.91 Å². The van der Waals surface area contributed by atoms with Crippen LogP contribution in [0.4, 0.5) is 29.3 Å². The zero-order valence-electron chi connectivity index (χ0n) is 21.9. The van der Waals surface area contributed by atoms with Gasteiger partial charge in [-0.15, -0.1) is 0 Å². The summed E-state index contributed by atoms with van der Waals surface area (Å²) in [5.41, 5.74) is 12.8. The van der Waals surface area contributed by atoms with Gasteiger partial charge in [-0.05, 0) is 68.0 Å². The molecule has 212 valence electrons. The number of nitrogens with two attached hydrogens (primary N) is 2. The van der Waals surface area contributed by atoms with Gasteiger partial charge in [-0.3, -0.25) is 4.79 Å². The normalized spacial score (nSPS) is 17.0. The molecule has 12 heteroatoms. The second-order valence-corrected chi connectivity index (χ2v) is 9.61. The Labute approximate surface area is 229 Å². The number of hydrogen-bond acceptors (Lipinski definition) is 5. The number of methoxy groups -OCH3 is 1. The summed E-state index contributed by atoms with van der Waals surface area (Å²) in [5.74, 6) is 5.41. The number of halogens is 3. The number of aromatic nitrogens is 1. The van der Waals surface area contributed by atoms with E-state index >= 15 is 0 Å². The third-order valence-corrected chi connectivity index (χ3v) is 6.71. The lowest BCUT2D eigenvalue weighted by atomic mass is 9.92. The predicted octanol–water partition coefficient (Wildman–Crippen LogP) is 4.17. The molecule has 1 saturated carbocycles. The number of primary amides is 1. The fourth-order valence-corrected chi connectivity index (χ4v) is 4.72. The number of alkyl halides is 3. The van der Waals surface area contributed by atoms with Gasteiger partial charge < -0.3 is 36.7 Å². The molecule has 3 aromatic rings. The van der Waals surface area contributed by atoms with Crippen LogP contribution in [-0.4, -0.2) is 48.4 Å². The molecule has 1 aliphatic carbocycles. The van der Waals surface area contributed by atoms with E-state index in [9.17, 15) is 22.8 Å². The van der Waals surface area contributed by atoms with Crippen LogP contribution in [-0.2, 0) is 6.54 Å². The molecule has 1 heterocycles. The van der Waals surface area contributed by atoms with Crippen LogP contribution in [0.2, 0.25) is 0 Å². The number of carbonyl (C=O) groups excluding carboxylic acids is 2. The molecule has 0 unspecified atom stereocenters. The Bertz CT molecular complexity index is 1450. The molecule has 2 aromatic carbocycles. The van der Waals surface area contributed by atoms with Gasteiger partial charge in [0.25, 0.3) is 0 Å². The minimum atomic E-state index is -4.49. The molecule has 1 aromatic heterocycles. The quantitative estimate of drug-likeness (QED) is 0.278. The Morgan fingerprint density at radius 3 is 2.52 bits per heavy atom. The van der Waals surface area contributed by atoms with Crippen molar-refractivity contribution >= 4 is 34.2 Å². The first-order valence-electron chi connectivity index (χ1n) is 12.8. The van der Waals surface area contributed by atoms with Crippen LogP contribution < -0.4 is 32.2 Å². The van der Waals surface area contributed by atoms with Crippen molar-refractivity contribution in [2.24, 2.45) is 11.5 Å². The molecule has 0 spiro atoms. The van der Waals surface area contributed by atoms with Crippen molar-refractivity contribution in [2.75, 3.05) is 24.3 Å². The molecule has 0 bridgehead atoms. The van der Waals surface area contributed by atoms with E-state index in [1.165, 1.54) is 25.3 Å². The summed E-state index contributed by atoms with van der Waals surface area (Å²) >= 11 is 0. The van der Waals surface area contributed by atoms with Crippen molar-refractivity contribution in [2.45, 2.75) is 50.5 Å². The van der Waals surface area contributed by atoms with Crippen LogP contribution in [0, 0.1) is 11.8 Å². The number of benzene rings is 2. The van der Waals surface area contributed by atoms with Gasteiger partial charge in [-0.1, -0.05) is 12.0 Å². The smallest absolute Gasteiger partial charge is 0.406 e. The van der Waals surface area contributed by atoms with Gasteiger partial charge in [0.15, 0.2) is 0 Å². The number of nitrogens with zero attached hydrogens (tertiary/aromatic N) is 1. The Morgan fingerprint density at radius 1 is 1.10 bits per heavy atom. The number of nitrogens with one attached hydrogen (secondary N) is 3. The van der Waals surface area contributed by atoms with Gasteiger partial charge >= 0.3 is 12.2 Å². The van der Waals surface area contributed by atoms with Crippen molar-refractivity contribution in [1.82, 2.24) is 9.88 Å². The van der Waals surface area contributed by atoms with Crippen LogP contribution in [0.15, 0.2) is 42.5 Å². The van der Waals surface area contributed by atoms with Crippen LogP contribution in [0.25, 0.3) is 10.9 Å². The van der Waals surface area contributed by atoms with E-state index in [1.807, 2.05) is 0 Å². The Kier molecular flexibility index (Phi) is 8.74. The van der Waals surface area contributed by atoms with Crippen molar-refractivity contribution in [3.63, 3.8) is 0 Å². The standard InChI is InChI=1S/C28H31F3N6O3/c1-40-25-14-17(26(33)38)7-12-23(25)34-13-3-4-20-15-21-22(5-2-6-24(21)37(20)16-28(29,30)31)36-27(39)35-19-10-8-18(32)9-11-19/h2,5-7,12,14-15,18-19,34H,8-11,13,16,32H2,1H3,(H2,33,38)(H2,35,36,39). The third kappa shape index (κ3) is 7.18. The van der Waals surface area contributed by atoms with Gasteiger partial charge in [-0.2, -0.15) is 13.2 Å². The van der Waals surface area contributed by atoms with E-state index in [4.69, 9.17) is 16.2 Å². The summed E-state index contributed by atoms with van der Waals surface area (Å²) in [5, 5.41) is 9.17. The zero-order chi connectivity index (χ0) is 28.9. The van der Waals surface area contributed by atoms with Gasteiger partial charge in [0, 0.05) is 23.0 Å². The number of rotatable bonds is 7. The molecule has 0 radical (unpaired) electrons. The lowest BCUT2D eigenvalue weighted by Gasteiger charge is -2.26. The zero-order valence-corrected chi connectivity index (χ0v) is 21.9. The van der Waals surface area contributed by atoms with E-state index in [1.54, 1.807) is 24.3 Å². The topological polar surface area (TPSA) is 136 Å². The van der Waals surface area contributed by atoms with Crippen molar-refractivity contribution in [3.05, 3.63) is 53.7 Å². The van der Waals surface area contributed by atoms with E-state index < -0.39 is 24.7 Å². The van der Waals surface area contributed by atoms with E-state index in [0.717, 1.165) is 30.3 Å². The number of carbonyl (C=O) groups is 2. The highest BCUT2D eigenvalue weighted by Crippen LogP contribution is 2.30.